The second-order valence-electron chi connectivity index (χ2n) is 7.38. The number of rotatable bonds is 6. The van der Waals surface area contributed by atoms with E-state index in [9.17, 15) is 13.5 Å². The van der Waals surface area contributed by atoms with Crippen molar-refractivity contribution in [3.8, 4) is 23.0 Å². The molecule has 4 aromatic rings. The minimum Gasteiger partial charge on any atom is -0.508 e. The molecular formula is C30H36NO6PS. The van der Waals surface area contributed by atoms with Crippen LogP contribution in [0.25, 0.3) is 0 Å². The molecule has 0 aliphatic heterocycles. The minimum absolute atomic E-state index is 0.0232. The Kier molecular flexibility index (Phi) is 15.6. The van der Waals surface area contributed by atoms with Crippen molar-refractivity contribution in [3.63, 3.8) is 0 Å². The number of methoxy groups -OCH3 is 2. The first kappa shape index (κ1) is 33.2. The lowest BCUT2D eigenvalue weighted by molar-refractivity contribution is 0.414. The Hall–Kier alpha value is -3.87. The summed E-state index contributed by atoms with van der Waals surface area (Å²) in [6.45, 7) is 6.06. The predicted molar refractivity (Wildman–Crippen MR) is 158 cm³/mol. The molecule has 0 fully saturated rings. The number of aromatic hydroxyl groups is 1. The molecule has 0 aliphatic rings. The largest absolute Gasteiger partial charge is 0.508 e. The van der Waals surface area contributed by atoms with Gasteiger partial charge in [0.2, 0.25) is 18.4 Å². The van der Waals surface area contributed by atoms with Gasteiger partial charge in [-0.3, -0.25) is 0 Å². The number of sulfone groups is 1. The van der Waals surface area contributed by atoms with Crippen molar-refractivity contribution in [3.05, 3.63) is 109 Å². The molecule has 0 spiro atoms. The van der Waals surface area contributed by atoms with Crippen molar-refractivity contribution in [1.29, 1.82) is 0 Å². The van der Waals surface area contributed by atoms with Crippen LogP contribution in [0.15, 0.2) is 118 Å². The number of aryl methyl sites for hydroxylation is 1. The van der Waals surface area contributed by atoms with Crippen molar-refractivity contribution in [2.24, 2.45) is 4.74 Å². The summed E-state index contributed by atoms with van der Waals surface area (Å²) in [5.74, 6) is 2.39. The smallest absolute Gasteiger partial charge is 0.241 e. The second-order valence-corrected chi connectivity index (χ2v) is 10.1. The molecule has 0 aromatic heterocycles. The van der Waals surface area contributed by atoms with E-state index in [2.05, 4.69) is 11.7 Å². The van der Waals surface area contributed by atoms with E-state index in [1.54, 1.807) is 33.4 Å². The van der Waals surface area contributed by atoms with Crippen LogP contribution in [0.4, 0.5) is 0 Å². The summed E-state index contributed by atoms with van der Waals surface area (Å²) in [5.41, 5.74) is 1.26. The van der Waals surface area contributed by atoms with E-state index in [1.165, 1.54) is 42.0 Å². The van der Waals surface area contributed by atoms with Gasteiger partial charge in [0.1, 0.15) is 23.0 Å². The van der Waals surface area contributed by atoms with Crippen LogP contribution in [0, 0.1) is 6.92 Å². The molecule has 4 aromatic carbocycles. The first-order valence-corrected chi connectivity index (χ1v) is 14.3. The van der Waals surface area contributed by atoms with E-state index in [0.29, 0.717) is 14.3 Å². The Balaban J connectivity index is 0.000000330. The lowest BCUT2D eigenvalue weighted by atomic mass is 10.2. The maximum Gasteiger partial charge on any atom is 0.241 e. The van der Waals surface area contributed by atoms with Crippen molar-refractivity contribution < 1.29 is 27.5 Å². The molecule has 0 radical (unpaired) electrons. The molecule has 4 rings (SSSR count). The summed E-state index contributed by atoms with van der Waals surface area (Å²) in [6, 6.07) is 29.1. The fraction of sp³-hybridized carbons (Fsp3) is 0.200. The highest BCUT2D eigenvalue weighted by Gasteiger charge is 2.17. The number of ether oxygens (including phenoxy) is 2. The van der Waals surface area contributed by atoms with Crippen LogP contribution in [-0.2, 0) is 9.84 Å². The Morgan fingerprint density at radius 2 is 1.10 bits per heavy atom. The molecule has 0 heterocycles. The fourth-order valence-electron chi connectivity index (χ4n) is 2.76. The van der Waals surface area contributed by atoms with Gasteiger partial charge >= 0.3 is 0 Å². The van der Waals surface area contributed by atoms with Crippen molar-refractivity contribution in [2.75, 3.05) is 21.3 Å². The average Bonchev–Trinajstić information content (AvgIpc) is 2.99. The van der Waals surface area contributed by atoms with Gasteiger partial charge in [0.15, 0.2) is 0 Å². The van der Waals surface area contributed by atoms with Gasteiger partial charge in [0.05, 0.1) is 24.0 Å². The van der Waals surface area contributed by atoms with Crippen LogP contribution in [0.2, 0.25) is 0 Å². The minimum atomic E-state index is -3.59. The normalized spacial score (nSPS) is 10.0. The van der Waals surface area contributed by atoms with E-state index in [-0.39, 0.29) is 15.5 Å². The topological polar surface area (TPSA) is 94.4 Å². The fourth-order valence-corrected chi connectivity index (χ4v) is 4.32. The molecule has 0 saturated heterocycles. The zero-order valence-corrected chi connectivity index (χ0v) is 24.8. The van der Waals surface area contributed by atoms with Gasteiger partial charge < -0.3 is 19.1 Å². The Morgan fingerprint density at radius 1 is 0.667 bits per heavy atom. The zero-order valence-electron chi connectivity index (χ0n) is 23.1. The SMILES string of the molecule is CC.CN=POc1ccc(S(=O)(=O)c2ccc(O)cc2)cc1.COc1ccc(C)cc1.COc1ccccc1. The van der Waals surface area contributed by atoms with E-state index in [0.717, 1.165) is 11.5 Å². The monoisotopic (exact) mass is 569 g/mol. The number of hydrogen-bond acceptors (Lipinski definition) is 7. The van der Waals surface area contributed by atoms with Gasteiger partial charge in [-0.05, 0) is 79.7 Å². The first-order valence-electron chi connectivity index (χ1n) is 12.1. The zero-order chi connectivity index (χ0) is 29.1. The van der Waals surface area contributed by atoms with Gasteiger partial charge in [0, 0.05) is 7.05 Å². The van der Waals surface area contributed by atoms with Crippen LogP contribution in [-0.4, -0.2) is 34.8 Å². The van der Waals surface area contributed by atoms with Crippen LogP contribution in [0.3, 0.4) is 0 Å². The van der Waals surface area contributed by atoms with Gasteiger partial charge in [-0.2, -0.15) is 0 Å². The van der Waals surface area contributed by atoms with Gasteiger partial charge in [0.25, 0.3) is 0 Å². The van der Waals surface area contributed by atoms with E-state index in [1.807, 2.05) is 68.4 Å². The number of nitrogens with zero attached hydrogens (tertiary/aromatic N) is 1. The maximum atomic E-state index is 12.3. The maximum absolute atomic E-state index is 12.3. The van der Waals surface area contributed by atoms with Gasteiger partial charge in [-0.25, -0.2) is 13.2 Å². The summed E-state index contributed by atoms with van der Waals surface area (Å²) in [4.78, 5) is 0.297. The standard InChI is InChI=1S/C13H12NO4PS.C8H10O.C7H8O.C2H6/c1-14-19-18-11-4-8-13(9-5-11)20(16,17)12-6-2-10(15)3-7-12;1-7-3-5-8(9-2)6-4-7;1-8-7-5-3-2-4-6-7;1-2/h2-9,15H,1H3;3-6H,1-2H3;2-6H,1H3;1-2H3. The van der Waals surface area contributed by atoms with Crippen LogP contribution in [0.1, 0.15) is 19.4 Å². The molecule has 0 amide bonds. The molecule has 208 valence electrons. The number of para-hydroxylation sites is 1. The van der Waals surface area contributed by atoms with Crippen LogP contribution in [0.5, 0.6) is 23.0 Å². The summed E-state index contributed by atoms with van der Waals surface area (Å²) in [5, 5.41) is 9.19. The number of phenolic OH excluding ortho intramolecular Hbond substituents is 1. The molecule has 0 aliphatic carbocycles. The lowest BCUT2D eigenvalue weighted by Crippen LogP contribution is -2.01. The number of benzene rings is 4. The third-order valence-corrected chi connectivity index (χ3v) is 6.99. The van der Waals surface area contributed by atoms with Crippen molar-refractivity contribution in [2.45, 2.75) is 30.6 Å². The Bertz CT molecular complexity index is 1330. The van der Waals surface area contributed by atoms with Gasteiger partial charge in [-0.1, -0.05) is 49.7 Å². The molecular weight excluding hydrogens is 533 g/mol. The van der Waals surface area contributed by atoms with Crippen LogP contribution < -0.4 is 14.0 Å². The van der Waals surface area contributed by atoms with Crippen LogP contribution >= 0.6 is 8.60 Å². The molecule has 7 nitrogen and oxygen atoms in total. The summed E-state index contributed by atoms with van der Waals surface area (Å²) in [6.07, 6.45) is 0. The molecule has 39 heavy (non-hydrogen) atoms. The third kappa shape index (κ3) is 12.0. The van der Waals surface area contributed by atoms with E-state index in [4.69, 9.17) is 14.0 Å². The summed E-state index contributed by atoms with van der Waals surface area (Å²) >= 11 is 0. The molecule has 0 atom stereocenters. The summed E-state index contributed by atoms with van der Waals surface area (Å²) in [7, 11) is 1.82. The summed E-state index contributed by atoms with van der Waals surface area (Å²) < 4.78 is 43.5. The third-order valence-electron chi connectivity index (χ3n) is 4.74. The molecule has 0 bridgehead atoms. The van der Waals surface area contributed by atoms with E-state index < -0.39 is 9.84 Å². The second kappa shape index (κ2) is 18.4. The Morgan fingerprint density at radius 3 is 1.54 bits per heavy atom. The highest BCUT2D eigenvalue weighted by Crippen LogP contribution is 2.25. The molecule has 0 saturated carbocycles. The van der Waals surface area contributed by atoms with Crippen molar-refractivity contribution in [1.82, 2.24) is 0 Å². The van der Waals surface area contributed by atoms with Gasteiger partial charge in [-0.15, -0.1) is 0 Å². The Labute approximate surface area is 233 Å². The molecule has 9 heteroatoms. The van der Waals surface area contributed by atoms with Crippen molar-refractivity contribution >= 4 is 18.4 Å². The predicted octanol–water partition coefficient (Wildman–Crippen LogP) is 8.00. The highest BCUT2D eigenvalue weighted by atomic mass is 32.2. The molecule has 0 unspecified atom stereocenters. The number of hydrogen-bond donors (Lipinski definition) is 1. The molecule has 1 N–H and O–H groups in total. The first-order chi connectivity index (χ1) is 18.8. The highest BCUT2D eigenvalue weighted by molar-refractivity contribution is 7.91. The van der Waals surface area contributed by atoms with E-state index >= 15 is 0 Å². The number of phenols is 1. The quantitative estimate of drug-likeness (QED) is 0.236. The lowest BCUT2D eigenvalue weighted by Gasteiger charge is -2.05. The average molecular weight is 570 g/mol.